The van der Waals surface area contributed by atoms with Crippen molar-refractivity contribution in [1.82, 2.24) is 0 Å². The van der Waals surface area contributed by atoms with Crippen molar-refractivity contribution in [2.45, 2.75) is 69.4 Å². The summed E-state index contributed by atoms with van der Waals surface area (Å²) in [5, 5.41) is 0. The Hall–Kier alpha value is -0.540. The van der Waals surface area contributed by atoms with Gasteiger partial charge in [0, 0.05) is 17.8 Å². The fourth-order valence-electron chi connectivity index (χ4n) is 5.52. The second-order valence-electron chi connectivity index (χ2n) is 7.40. The second-order valence-corrected chi connectivity index (χ2v) is 7.40. The standard InChI is InChI=1S/C17H24O3/c1-2-4-10(3-1)8-18-9-11-7-14-15-12-5-6-13(19-12)16(15)17(11)20-14/h8,11-17H,1-7,9H2. The van der Waals surface area contributed by atoms with Gasteiger partial charge in [0.1, 0.15) is 0 Å². The Morgan fingerprint density at radius 3 is 2.65 bits per heavy atom. The van der Waals surface area contributed by atoms with E-state index in [0.717, 1.165) is 6.61 Å². The maximum absolute atomic E-state index is 6.27. The summed E-state index contributed by atoms with van der Waals surface area (Å²) in [6, 6.07) is 0. The minimum Gasteiger partial charge on any atom is -0.501 e. The first-order valence-electron chi connectivity index (χ1n) is 8.50. The van der Waals surface area contributed by atoms with Gasteiger partial charge in [0.25, 0.3) is 0 Å². The highest BCUT2D eigenvalue weighted by atomic mass is 16.5. The number of hydrogen-bond acceptors (Lipinski definition) is 3. The Morgan fingerprint density at radius 1 is 1.00 bits per heavy atom. The van der Waals surface area contributed by atoms with E-state index in [2.05, 4.69) is 0 Å². The van der Waals surface area contributed by atoms with Crippen molar-refractivity contribution in [3.05, 3.63) is 11.8 Å². The molecule has 0 N–H and O–H groups in total. The summed E-state index contributed by atoms with van der Waals surface area (Å²) < 4.78 is 18.3. The van der Waals surface area contributed by atoms with Gasteiger partial charge in [-0.1, -0.05) is 0 Å². The van der Waals surface area contributed by atoms with E-state index in [-0.39, 0.29) is 0 Å². The molecule has 0 amide bonds. The van der Waals surface area contributed by atoms with Gasteiger partial charge in [-0.15, -0.1) is 0 Å². The van der Waals surface area contributed by atoms with Gasteiger partial charge in [-0.25, -0.2) is 0 Å². The largest absolute Gasteiger partial charge is 0.501 e. The SMILES string of the molecule is C(OCC1CC2OC1C1C3CCC(O3)C21)=C1CCCC1. The van der Waals surface area contributed by atoms with Crippen molar-refractivity contribution in [3.8, 4) is 0 Å². The van der Waals surface area contributed by atoms with Gasteiger partial charge in [0.15, 0.2) is 0 Å². The molecule has 3 nitrogen and oxygen atoms in total. The van der Waals surface area contributed by atoms with Crippen LogP contribution in [0.1, 0.15) is 44.9 Å². The first-order valence-corrected chi connectivity index (χ1v) is 8.50. The van der Waals surface area contributed by atoms with Crippen LogP contribution in [-0.2, 0) is 14.2 Å². The van der Waals surface area contributed by atoms with Crippen LogP contribution in [0, 0.1) is 17.8 Å². The summed E-state index contributed by atoms with van der Waals surface area (Å²) in [7, 11) is 0. The average molecular weight is 276 g/mol. The van der Waals surface area contributed by atoms with Crippen molar-refractivity contribution in [3.63, 3.8) is 0 Å². The monoisotopic (exact) mass is 276 g/mol. The first kappa shape index (κ1) is 12.0. The third-order valence-corrected chi connectivity index (χ3v) is 6.33. The third kappa shape index (κ3) is 1.66. The molecular formula is C17H24O3. The van der Waals surface area contributed by atoms with Crippen molar-refractivity contribution < 1.29 is 14.2 Å². The number of allylic oxidation sites excluding steroid dienone is 1. The fraction of sp³-hybridized carbons (Fsp3) is 0.882. The van der Waals surface area contributed by atoms with Gasteiger partial charge in [-0.2, -0.15) is 0 Å². The molecule has 1 saturated carbocycles. The minimum atomic E-state index is 0.419. The van der Waals surface area contributed by atoms with Crippen molar-refractivity contribution >= 4 is 0 Å². The zero-order valence-electron chi connectivity index (χ0n) is 12.0. The molecule has 0 aromatic rings. The van der Waals surface area contributed by atoms with Crippen LogP contribution >= 0.6 is 0 Å². The maximum Gasteiger partial charge on any atom is 0.0927 e. The van der Waals surface area contributed by atoms with E-state index in [4.69, 9.17) is 14.2 Å². The Balaban J connectivity index is 1.23. The average Bonchev–Trinajstić information content (AvgIpc) is 3.24. The van der Waals surface area contributed by atoms with E-state index in [1.54, 1.807) is 0 Å². The van der Waals surface area contributed by atoms with Gasteiger partial charge >= 0.3 is 0 Å². The Labute approximate surface area is 120 Å². The molecule has 5 aliphatic rings. The molecule has 4 saturated heterocycles. The zero-order chi connectivity index (χ0) is 13.1. The summed E-state index contributed by atoms with van der Waals surface area (Å²) in [5.74, 6) is 1.99. The van der Waals surface area contributed by atoms with Crippen molar-refractivity contribution in [1.29, 1.82) is 0 Å². The highest BCUT2D eigenvalue weighted by molar-refractivity contribution is 5.12. The van der Waals surface area contributed by atoms with Crippen LogP contribution in [-0.4, -0.2) is 31.0 Å². The van der Waals surface area contributed by atoms with E-state index >= 15 is 0 Å². The molecule has 0 radical (unpaired) electrons. The molecule has 5 rings (SSSR count). The van der Waals surface area contributed by atoms with Gasteiger partial charge < -0.3 is 14.2 Å². The quantitative estimate of drug-likeness (QED) is 0.742. The first-order chi connectivity index (χ1) is 9.90. The Bertz CT molecular complexity index is 424. The zero-order valence-corrected chi connectivity index (χ0v) is 12.0. The highest BCUT2D eigenvalue weighted by Crippen LogP contribution is 2.58. The highest BCUT2D eigenvalue weighted by Gasteiger charge is 2.64. The van der Waals surface area contributed by atoms with Crippen LogP contribution in [0.15, 0.2) is 11.8 Å². The molecule has 110 valence electrons. The van der Waals surface area contributed by atoms with Gasteiger partial charge in [0.2, 0.25) is 0 Å². The molecule has 4 heterocycles. The maximum atomic E-state index is 6.27. The van der Waals surface area contributed by atoms with E-state index in [0.29, 0.717) is 42.2 Å². The summed E-state index contributed by atoms with van der Waals surface area (Å²) in [6.45, 7) is 0.852. The summed E-state index contributed by atoms with van der Waals surface area (Å²) in [5.41, 5.74) is 1.51. The molecule has 1 aliphatic carbocycles. The summed E-state index contributed by atoms with van der Waals surface area (Å²) >= 11 is 0. The summed E-state index contributed by atoms with van der Waals surface area (Å²) in [4.78, 5) is 0. The predicted molar refractivity (Wildman–Crippen MR) is 74.1 cm³/mol. The number of rotatable bonds is 3. The van der Waals surface area contributed by atoms with Crippen LogP contribution in [0.4, 0.5) is 0 Å². The Morgan fingerprint density at radius 2 is 1.80 bits per heavy atom. The second kappa shape index (κ2) is 4.48. The lowest BCUT2D eigenvalue weighted by molar-refractivity contribution is -0.00322. The van der Waals surface area contributed by atoms with Crippen molar-refractivity contribution in [2.75, 3.05) is 6.61 Å². The normalized spacial score (nSPS) is 51.8. The van der Waals surface area contributed by atoms with E-state index in [1.807, 2.05) is 6.26 Å². The van der Waals surface area contributed by atoms with E-state index in [1.165, 1.54) is 50.5 Å². The molecule has 20 heavy (non-hydrogen) atoms. The van der Waals surface area contributed by atoms with Gasteiger partial charge in [-0.05, 0) is 50.5 Å². The molecule has 3 heteroatoms. The number of fused-ring (bicyclic) bond motifs is 9. The molecule has 7 atom stereocenters. The molecule has 5 fully saturated rings. The van der Waals surface area contributed by atoms with Crippen LogP contribution in [0.2, 0.25) is 0 Å². The molecular weight excluding hydrogens is 252 g/mol. The minimum absolute atomic E-state index is 0.419. The topological polar surface area (TPSA) is 27.7 Å². The van der Waals surface area contributed by atoms with E-state index < -0.39 is 0 Å². The van der Waals surface area contributed by atoms with Gasteiger partial charge in [0.05, 0.1) is 37.3 Å². The van der Waals surface area contributed by atoms with E-state index in [9.17, 15) is 0 Å². The lowest BCUT2D eigenvalue weighted by Gasteiger charge is -2.32. The molecule has 7 unspecified atom stereocenters. The fourth-order valence-corrected chi connectivity index (χ4v) is 5.52. The number of ether oxygens (including phenoxy) is 3. The van der Waals surface area contributed by atoms with Crippen LogP contribution in [0.5, 0.6) is 0 Å². The van der Waals surface area contributed by atoms with Crippen LogP contribution in [0.25, 0.3) is 0 Å². The van der Waals surface area contributed by atoms with Crippen LogP contribution in [0.3, 0.4) is 0 Å². The van der Waals surface area contributed by atoms with Crippen LogP contribution < -0.4 is 0 Å². The molecule has 0 spiro atoms. The molecule has 4 aliphatic heterocycles. The Kier molecular flexibility index (Phi) is 2.70. The summed E-state index contributed by atoms with van der Waals surface area (Å²) in [6.07, 6.45) is 12.9. The molecule has 4 bridgehead atoms. The van der Waals surface area contributed by atoms with Crippen molar-refractivity contribution in [2.24, 2.45) is 17.8 Å². The third-order valence-electron chi connectivity index (χ3n) is 6.33. The molecule has 0 aromatic carbocycles. The lowest BCUT2D eigenvalue weighted by atomic mass is 9.68. The number of hydrogen-bond donors (Lipinski definition) is 0. The lowest BCUT2D eigenvalue weighted by Crippen LogP contribution is -2.41. The van der Waals surface area contributed by atoms with Gasteiger partial charge in [-0.3, -0.25) is 0 Å². The molecule has 0 aromatic heterocycles. The predicted octanol–water partition coefficient (Wildman–Crippen LogP) is 3.04. The smallest absolute Gasteiger partial charge is 0.0927 e.